The topological polar surface area (TPSA) is 26.3 Å². The minimum Gasteiger partial charge on any atom is -0.384 e. The molecule has 66 valence electrons. The van der Waals surface area contributed by atoms with Crippen LogP contribution in [0.2, 0.25) is 0 Å². The van der Waals surface area contributed by atoms with Crippen LogP contribution in [0.5, 0.6) is 0 Å². The van der Waals surface area contributed by atoms with Crippen LogP contribution in [0.25, 0.3) is 0 Å². The molecule has 0 aromatic carbocycles. The van der Waals surface area contributed by atoms with Gasteiger partial charge in [-0.05, 0) is 17.0 Å². The summed E-state index contributed by atoms with van der Waals surface area (Å²) in [7, 11) is 1.57. The van der Waals surface area contributed by atoms with Gasteiger partial charge in [-0.3, -0.25) is 4.79 Å². The van der Waals surface area contributed by atoms with E-state index in [4.69, 9.17) is 16.3 Å². The normalized spacial score (nSPS) is 14.6. The number of rotatable bonds is 3. The van der Waals surface area contributed by atoms with Crippen molar-refractivity contribution in [3.05, 3.63) is 0 Å². The van der Waals surface area contributed by atoms with Crippen molar-refractivity contribution in [3.8, 4) is 0 Å². The van der Waals surface area contributed by atoms with Crippen LogP contribution < -0.4 is 0 Å². The Kier molecular flexibility index (Phi) is 4.04. The van der Waals surface area contributed by atoms with Crippen molar-refractivity contribution in [2.75, 3.05) is 13.7 Å². The van der Waals surface area contributed by atoms with Crippen molar-refractivity contribution in [2.24, 2.45) is 11.3 Å². The van der Waals surface area contributed by atoms with Crippen LogP contribution in [0.15, 0.2) is 0 Å². The molecule has 0 bridgehead atoms. The predicted molar refractivity (Wildman–Crippen MR) is 45.7 cm³/mol. The molecule has 0 spiro atoms. The van der Waals surface area contributed by atoms with Crippen LogP contribution in [0.4, 0.5) is 0 Å². The van der Waals surface area contributed by atoms with Gasteiger partial charge >= 0.3 is 0 Å². The van der Waals surface area contributed by atoms with E-state index < -0.39 is 0 Å². The van der Waals surface area contributed by atoms with Crippen molar-refractivity contribution >= 4 is 16.8 Å². The second kappa shape index (κ2) is 4.07. The highest BCUT2D eigenvalue weighted by Crippen LogP contribution is 2.27. The van der Waals surface area contributed by atoms with Gasteiger partial charge in [-0.1, -0.05) is 20.8 Å². The summed E-state index contributed by atoms with van der Waals surface area (Å²) in [5.41, 5.74) is -0.116. The smallest absolute Gasteiger partial charge is 0.227 e. The van der Waals surface area contributed by atoms with Gasteiger partial charge in [0.05, 0.1) is 12.5 Å². The molecule has 0 N–H and O–H groups in total. The summed E-state index contributed by atoms with van der Waals surface area (Å²) in [5.74, 6) is -0.214. The standard InChI is InChI=1S/C8H15ClO2/c1-8(2,3)6(5-11-4)7(9)10/h6H,5H2,1-4H3. The molecule has 0 aliphatic carbocycles. The summed E-state index contributed by atoms with van der Waals surface area (Å²) in [6.07, 6.45) is 0. The van der Waals surface area contributed by atoms with Gasteiger partial charge in [0.15, 0.2) is 0 Å². The lowest BCUT2D eigenvalue weighted by Gasteiger charge is -2.26. The molecule has 0 aliphatic heterocycles. The third-order valence-corrected chi connectivity index (χ3v) is 1.92. The first-order valence-electron chi connectivity index (χ1n) is 3.58. The van der Waals surface area contributed by atoms with Crippen molar-refractivity contribution in [2.45, 2.75) is 20.8 Å². The van der Waals surface area contributed by atoms with Crippen LogP contribution >= 0.6 is 11.6 Å². The number of hydrogen-bond acceptors (Lipinski definition) is 2. The van der Waals surface area contributed by atoms with Gasteiger partial charge in [0.25, 0.3) is 0 Å². The molecule has 0 aromatic heterocycles. The number of carbonyl (C=O) groups excluding carboxylic acids is 1. The Hall–Kier alpha value is -0.0800. The first-order chi connectivity index (χ1) is 4.89. The number of hydrogen-bond donors (Lipinski definition) is 0. The third-order valence-electron chi connectivity index (χ3n) is 1.65. The van der Waals surface area contributed by atoms with Gasteiger partial charge < -0.3 is 4.74 Å². The molecule has 0 amide bonds. The largest absolute Gasteiger partial charge is 0.384 e. The van der Waals surface area contributed by atoms with Crippen LogP contribution in [0, 0.1) is 11.3 Å². The lowest BCUT2D eigenvalue weighted by Crippen LogP contribution is -2.29. The molecule has 0 fully saturated rings. The summed E-state index contributed by atoms with van der Waals surface area (Å²) in [6.45, 7) is 6.30. The monoisotopic (exact) mass is 178 g/mol. The average molecular weight is 179 g/mol. The maximum Gasteiger partial charge on any atom is 0.227 e. The fraction of sp³-hybridized carbons (Fsp3) is 0.875. The quantitative estimate of drug-likeness (QED) is 0.619. The summed E-state index contributed by atoms with van der Waals surface area (Å²) < 4.78 is 4.89. The van der Waals surface area contributed by atoms with Crippen LogP contribution in [0.3, 0.4) is 0 Å². The zero-order valence-corrected chi connectivity index (χ0v) is 8.23. The molecule has 0 saturated carbocycles. The summed E-state index contributed by atoms with van der Waals surface area (Å²) >= 11 is 5.39. The maximum absolute atomic E-state index is 10.9. The fourth-order valence-electron chi connectivity index (χ4n) is 0.823. The van der Waals surface area contributed by atoms with Gasteiger partial charge in [0.1, 0.15) is 0 Å². The molecule has 0 saturated heterocycles. The lowest BCUT2D eigenvalue weighted by molar-refractivity contribution is -0.120. The Morgan fingerprint density at radius 2 is 2.00 bits per heavy atom. The van der Waals surface area contributed by atoms with Crippen molar-refractivity contribution in [3.63, 3.8) is 0 Å². The molecule has 2 nitrogen and oxygen atoms in total. The molecule has 0 aliphatic rings. The highest BCUT2D eigenvalue weighted by atomic mass is 35.5. The molecule has 0 rings (SSSR count). The molecule has 3 heteroatoms. The van der Waals surface area contributed by atoms with E-state index in [0.717, 1.165) is 0 Å². The molecule has 0 heterocycles. The van der Waals surface area contributed by atoms with E-state index in [1.165, 1.54) is 0 Å². The van der Waals surface area contributed by atoms with Crippen molar-refractivity contribution in [1.82, 2.24) is 0 Å². The molecule has 0 radical (unpaired) electrons. The van der Waals surface area contributed by atoms with E-state index in [1.807, 2.05) is 20.8 Å². The molecule has 0 aromatic rings. The van der Waals surface area contributed by atoms with Gasteiger partial charge in [-0.25, -0.2) is 0 Å². The minimum absolute atomic E-state index is 0.116. The van der Waals surface area contributed by atoms with Gasteiger partial charge in [0, 0.05) is 7.11 Å². The van der Waals surface area contributed by atoms with E-state index >= 15 is 0 Å². The highest BCUT2D eigenvalue weighted by Gasteiger charge is 2.29. The summed E-state index contributed by atoms with van der Waals surface area (Å²) in [6, 6.07) is 0. The summed E-state index contributed by atoms with van der Waals surface area (Å²) in [5, 5.41) is -0.320. The lowest BCUT2D eigenvalue weighted by atomic mass is 9.82. The Morgan fingerprint density at radius 1 is 1.55 bits per heavy atom. The minimum atomic E-state index is -0.320. The first kappa shape index (κ1) is 10.9. The fourth-order valence-corrected chi connectivity index (χ4v) is 1.21. The Morgan fingerprint density at radius 3 is 2.09 bits per heavy atom. The number of halogens is 1. The summed E-state index contributed by atoms with van der Waals surface area (Å²) in [4.78, 5) is 10.9. The second-order valence-corrected chi connectivity index (χ2v) is 4.05. The van der Waals surface area contributed by atoms with E-state index in [-0.39, 0.29) is 16.6 Å². The van der Waals surface area contributed by atoms with Gasteiger partial charge in [-0.15, -0.1) is 0 Å². The Labute approximate surface area is 72.9 Å². The molecule has 11 heavy (non-hydrogen) atoms. The van der Waals surface area contributed by atoms with Crippen molar-refractivity contribution in [1.29, 1.82) is 0 Å². The SMILES string of the molecule is COCC(C(=O)Cl)C(C)(C)C. The van der Waals surface area contributed by atoms with Crippen LogP contribution in [0.1, 0.15) is 20.8 Å². The highest BCUT2D eigenvalue weighted by molar-refractivity contribution is 6.64. The molecular weight excluding hydrogens is 164 g/mol. The second-order valence-electron chi connectivity index (χ2n) is 3.68. The number of carbonyl (C=O) groups is 1. The van der Waals surface area contributed by atoms with Gasteiger partial charge in [0.2, 0.25) is 5.24 Å². The molecular formula is C8H15ClO2. The van der Waals surface area contributed by atoms with E-state index in [2.05, 4.69) is 0 Å². The Bertz CT molecular complexity index is 138. The average Bonchev–Trinajstić information content (AvgIpc) is 1.79. The van der Waals surface area contributed by atoms with E-state index in [1.54, 1.807) is 7.11 Å². The van der Waals surface area contributed by atoms with E-state index in [0.29, 0.717) is 6.61 Å². The maximum atomic E-state index is 10.9. The zero-order chi connectivity index (χ0) is 9.07. The number of methoxy groups -OCH3 is 1. The van der Waals surface area contributed by atoms with Gasteiger partial charge in [-0.2, -0.15) is 0 Å². The third kappa shape index (κ3) is 3.73. The van der Waals surface area contributed by atoms with E-state index in [9.17, 15) is 4.79 Å². The van der Waals surface area contributed by atoms with Crippen molar-refractivity contribution < 1.29 is 9.53 Å². The Balaban J connectivity index is 4.22. The predicted octanol–water partition coefficient (Wildman–Crippen LogP) is 2.06. The number of ether oxygens (including phenoxy) is 1. The molecule has 1 unspecified atom stereocenters. The molecule has 1 atom stereocenters. The van der Waals surface area contributed by atoms with Crippen LogP contribution in [-0.4, -0.2) is 19.0 Å². The zero-order valence-electron chi connectivity index (χ0n) is 7.48. The van der Waals surface area contributed by atoms with Crippen LogP contribution in [-0.2, 0) is 9.53 Å². The first-order valence-corrected chi connectivity index (χ1v) is 3.95.